The highest BCUT2D eigenvalue weighted by Crippen LogP contribution is 2.26. The zero-order valence-corrected chi connectivity index (χ0v) is 15.5. The first kappa shape index (κ1) is 20.6. The molecule has 6 nitrogen and oxygen atoms in total. The molecular formula is C18H24F3N5O. The zero-order chi connectivity index (χ0) is 19.9. The number of alkyl halides is 3. The van der Waals surface area contributed by atoms with Crippen molar-refractivity contribution in [2.45, 2.75) is 39.8 Å². The van der Waals surface area contributed by atoms with Gasteiger partial charge in [0, 0.05) is 38.1 Å². The second kappa shape index (κ2) is 9.29. The van der Waals surface area contributed by atoms with E-state index in [1.807, 2.05) is 6.20 Å². The number of benzene rings is 1. The first-order valence-corrected chi connectivity index (χ1v) is 8.56. The van der Waals surface area contributed by atoms with Crippen molar-refractivity contribution in [3.05, 3.63) is 48.0 Å². The van der Waals surface area contributed by atoms with E-state index >= 15 is 0 Å². The summed E-state index contributed by atoms with van der Waals surface area (Å²) in [7, 11) is 1.59. The summed E-state index contributed by atoms with van der Waals surface area (Å²) in [6.45, 7) is 5.67. The van der Waals surface area contributed by atoms with E-state index in [2.05, 4.69) is 43.8 Å². The molecule has 1 aromatic heterocycles. The third kappa shape index (κ3) is 6.84. The van der Waals surface area contributed by atoms with E-state index in [0.29, 0.717) is 24.0 Å². The van der Waals surface area contributed by atoms with Crippen LogP contribution in [0.5, 0.6) is 5.75 Å². The van der Waals surface area contributed by atoms with E-state index in [9.17, 15) is 13.2 Å². The zero-order valence-electron chi connectivity index (χ0n) is 15.5. The van der Waals surface area contributed by atoms with Crippen LogP contribution < -0.4 is 15.4 Å². The lowest BCUT2D eigenvalue weighted by atomic mass is 10.2. The monoisotopic (exact) mass is 383 g/mol. The highest BCUT2D eigenvalue weighted by atomic mass is 19.4. The number of hydrogen-bond acceptors (Lipinski definition) is 3. The van der Waals surface area contributed by atoms with Gasteiger partial charge >= 0.3 is 6.36 Å². The normalized spacial score (nSPS) is 12.3. The van der Waals surface area contributed by atoms with Crippen LogP contribution in [0.15, 0.2) is 41.7 Å². The Morgan fingerprint density at radius 3 is 2.59 bits per heavy atom. The molecule has 0 aliphatic carbocycles. The molecule has 1 aromatic carbocycles. The van der Waals surface area contributed by atoms with E-state index in [4.69, 9.17) is 0 Å². The number of nitrogens with zero attached hydrogens (tertiary/aromatic N) is 3. The van der Waals surface area contributed by atoms with Crippen molar-refractivity contribution < 1.29 is 17.9 Å². The maximum absolute atomic E-state index is 12.5. The molecule has 1 heterocycles. The second-order valence-corrected chi connectivity index (χ2v) is 6.32. The lowest BCUT2D eigenvalue weighted by molar-refractivity contribution is -0.274. The fourth-order valence-corrected chi connectivity index (χ4v) is 2.50. The fourth-order valence-electron chi connectivity index (χ4n) is 2.50. The first-order valence-electron chi connectivity index (χ1n) is 8.56. The lowest BCUT2D eigenvalue weighted by Gasteiger charge is -2.16. The van der Waals surface area contributed by atoms with Crippen LogP contribution >= 0.6 is 0 Å². The minimum atomic E-state index is -4.73. The summed E-state index contributed by atoms with van der Waals surface area (Å²) in [5.41, 5.74) is 0.374. The van der Waals surface area contributed by atoms with Gasteiger partial charge in [-0.1, -0.05) is 32.0 Å². The number of imidazole rings is 1. The van der Waals surface area contributed by atoms with Crippen LogP contribution in [-0.2, 0) is 19.6 Å². The molecular weight excluding hydrogens is 359 g/mol. The number of para-hydroxylation sites is 1. The van der Waals surface area contributed by atoms with E-state index < -0.39 is 6.36 Å². The second-order valence-electron chi connectivity index (χ2n) is 6.32. The molecule has 2 N–H and O–H groups in total. The number of hydrogen-bond donors (Lipinski definition) is 2. The Balaban J connectivity index is 1.94. The molecule has 2 rings (SSSR count). The number of ether oxygens (including phenoxy) is 1. The van der Waals surface area contributed by atoms with Crippen molar-refractivity contribution in [1.29, 1.82) is 0 Å². The van der Waals surface area contributed by atoms with Crippen molar-refractivity contribution in [2.75, 3.05) is 7.05 Å². The van der Waals surface area contributed by atoms with Crippen molar-refractivity contribution in [3.63, 3.8) is 0 Å². The van der Waals surface area contributed by atoms with Crippen LogP contribution in [0, 0.1) is 5.92 Å². The van der Waals surface area contributed by atoms with E-state index in [1.54, 1.807) is 25.4 Å². The van der Waals surface area contributed by atoms with Gasteiger partial charge in [0.1, 0.15) is 11.6 Å². The molecule has 0 aliphatic rings. The van der Waals surface area contributed by atoms with Gasteiger partial charge in [0.2, 0.25) is 0 Å². The van der Waals surface area contributed by atoms with Gasteiger partial charge in [0.15, 0.2) is 5.96 Å². The largest absolute Gasteiger partial charge is 0.573 e. The smallest absolute Gasteiger partial charge is 0.405 e. The highest BCUT2D eigenvalue weighted by Gasteiger charge is 2.31. The van der Waals surface area contributed by atoms with Crippen molar-refractivity contribution in [1.82, 2.24) is 20.2 Å². The van der Waals surface area contributed by atoms with Gasteiger partial charge in [0.05, 0.1) is 6.54 Å². The molecule has 0 saturated heterocycles. The molecule has 0 bridgehead atoms. The Morgan fingerprint density at radius 1 is 1.22 bits per heavy atom. The summed E-state index contributed by atoms with van der Waals surface area (Å²) < 4.78 is 43.6. The van der Waals surface area contributed by atoms with Crippen molar-refractivity contribution in [2.24, 2.45) is 10.9 Å². The number of aromatic nitrogens is 2. The van der Waals surface area contributed by atoms with Crippen LogP contribution in [0.1, 0.15) is 25.2 Å². The molecule has 9 heteroatoms. The van der Waals surface area contributed by atoms with Gasteiger partial charge in [-0.2, -0.15) is 0 Å². The average Bonchev–Trinajstić information content (AvgIpc) is 3.01. The average molecular weight is 383 g/mol. The Bertz CT molecular complexity index is 755. The molecule has 2 aromatic rings. The third-order valence-corrected chi connectivity index (χ3v) is 3.65. The predicted octanol–water partition coefficient (Wildman–Crippen LogP) is 3.30. The van der Waals surface area contributed by atoms with E-state index in [-0.39, 0.29) is 12.3 Å². The van der Waals surface area contributed by atoms with E-state index in [1.165, 1.54) is 12.1 Å². The first-order chi connectivity index (χ1) is 12.8. The summed E-state index contributed by atoms with van der Waals surface area (Å²) >= 11 is 0. The molecule has 0 atom stereocenters. The Morgan fingerprint density at radius 2 is 1.93 bits per heavy atom. The highest BCUT2D eigenvalue weighted by molar-refractivity contribution is 5.79. The van der Waals surface area contributed by atoms with Gasteiger partial charge in [-0.15, -0.1) is 13.2 Å². The Hall–Kier alpha value is -2.71. The SMILES string of the molecule is CN=C(NCc1ccccc1OC(F)(F)F)NCc1nccn1CC(C)C. The quantitative estimate of drug-likeness (QED) is 0.569. The standard InChI is InChI=1S/C18H24F3N5O/c1-13(2)12-26-9-8-23-16(26)11-25-17(22-3)24-10-14-6-4-5-7-15(14)27-18(19,20)21/h4-9,13H,10-12H2,1-3H3,(H2,22,24,25). The topological polar surface area (TPSA) is 63.5 Å². The molecule has 0 fully saturated rings. The molecule has 0 amide bonds. The van der Waals surface area contributed by atoms with Crippen molar-refractivity contribution in [3.8, 4) is 5.75 Å². The Kier molecular flexibility index (Phi) is 7.09. The van der Waals surface area contributed by atoms with Crippen molar-refractivity contribution >= 4 is 5.96 Å². The van der Waals surface area contributed by atoms with Crippen LogP contribution in [0.3, 0.4) is 0 Å². The summed E-state index contributed by atoms with van der Waals surface area (Å²) in [6, 6.07) is 5.99. The van der Waals surface area contributed by atoms with Gasteiger partial charge < -0.3 is 19.9 Å². The Labute approximate surface area is 156 Å². The third-order valence-electron chi connectivity index (χ3n) is 3.65. The number of halogens is 3. The summed E-state index contributed by atoms with van der Waals surface area (Å²) in [6.07, 6.45) is -1.08. The number of rotatable bonds is 7. The molecule has 0 spiro atoms. The number of aliphatic imine (C=N–C) groups is 1. The molecule has 148 valence electrons. The van der Waals surface area contributed by atoms with Crippen LogP contribution in [0.4, 0.5) is 13.2 Å². The van der Waals surface area contributed by atoms with Crippen LogP contribution in [0.2, 0.25) is 0 Å². The molecule has 0 unspecified atom stereocenters. The van der Waals surface area contributed by atoms with Gasteiger partial charge in [-0.25, -0.2) is 4.98 Å². The van der Waals surface area contributed by atoms with Gasteiger partial charge in [0.25, 0.3) is 0 Å². The van der Waals surface area contributed by atoms with Gasteiger partial charge in [-0.05, 0) is 12.0 Å². The van der Waals surface area contributed by atoms with Crippen LogP contribution in [-0.4, -0.2) is 28.9 Å². The lowest BCUT2D eigenvalue weighted by Crippen LogP contribution is -2.37. The molecule has 0 aliphatic heterocycles. The maximum atomic E-state index is 12.5. The summed E-state index contributed by atoms with van der Waals surface area (Å²) in [5, 5.41) is 6.11. The van der Waals surface area contributed by atoms with Crippen LogP contribution in [0.25, 0.3) is 0 Å². The van der Waals surface area contributed by atoms with E-state index in [0.717, 1.165) is 12.4 Å². The summed E-state index contributed by atoms with van der Waals surface area (Å²) in [5.74, 6) is 1.56. The maximum Gasteiger partial charge on any atom is 0.573 e. The molecule has 0 saturated carbocycles. The fraction of sp³-hybridized carbons (Fsp3) is 0.444. The predicted molar refractivity (Wildman–Crippen MR) is 97.2 cm³/mol. The minimum absolute atomic E-state index is 0.131. The minimum Gasteiger partial charge on any atom is -0.405 e. The molecule has 0 radical (unpaired) electrons. The number of nitrogens with one attached hydrogen (secondary N) is 2. The summed E-state index contributed by atoms with van der Waals surface area (Å²) in [4.78, 5) is 8.41. The number of guanidine groups is 1. The molecule has 27 heavy (non-hydrogen) atoms. The van der Waals surface area contributed by atoms with Gasteiger partial charge in [-0.3, -0.25) is 4.99 Å².